The fourth-order valence-electron chi connectivity index (χ4n) is 6.79. The largest absolute Gasteiger partial charge is 0.0725 e. The van der Waals surface area contributed by atoms with Crippen molar-refractivity contribution in [3.05, 3.63) is 154 Å². The lowest BCUT2D eigenvalue weighted by atomic mass is 9.70. The summed E-state index contributed by atoms with van der Waals surface area (Å²) in [5.41, 5.74) is 13.1. The van der Waals surface area contributed by atoms with Gasteiger partial charge in [0.15, 0.2) is 0 Å². The van der Waals surface area contributed by atoms with E-state index in [1.165, 1.54) is 66.4 Å². The highest BCUT2D eigenvalue weighted by Crippen LogP contribution is 2.63. The van der Waals surface area contributed by atoms with Gasteiger partial charge < -0.3 is 0 Å². The molecule has 168 valence electrons. The van der Waals surface area contributed by atoms with Crippen LogP contribution in [0.2, 0.25) is 0 Å². The molecule has 6 aromatic carbocycles. The predicted molar refractivity (Wildman–Crippen MR) is 153 cm³/mol. The van der Waals surface area contributed by atoms with Gasteiger partial charge in [-0.25, -0.2) is 0 Å². The molecule has 2 aliphatic rings. The second-order valence-electron chi connectivity index (χ2n) is 9.79. The molecule has 0 unspecified atom stereocenters. The van der Waals surface area contributed by atoms with Crippen molar-refractivity contribution in [3.8, 4) is 33.4 Å². The quantitative estimate of drug-likeness (QED) is 0.202. The van der Waals surface area contributed by atoms with Gasteiger partial charge in [-0.2, -0.15) is 0 Å². The zero-order chi connectivity index (χ0) is 23.9. The standard InChI is InChI=1S/C35H21Br/c36-34-18-8-13-24-23(12-7-14-29(24)34)22-19-20-28-27-11-3-6-17-32(27)35(33(28)21-22)30-15-4-1-9-25(30)26-10-2-5-16-31(26)35/h1-21H. The van der Waals surface area contributed by atoms with E-state index in [1.54, 1.807) is 0 Å². The third-order valence-corrected chi connectivity index (χ3v) is 8.87. The lowest BCUT2D eigenvalue weighted by molar-refractivity contribution is 0.794. The Labute approximate surface area is 219 Å². The summed E-state index contributed by atoms with van der Waals surface area (Å²) in [6.45, 7) is 0. The Balaban J connectivity index is 1.50. The average molecular weight is 521 g/mol. The molecule has 0 fully saturated rings. The van der Waals surface area contributed by atoms with E-state index in [0.717, 1.165) is 4.47 Å². The monoisotopic (exact) mass is 520 g/mol. The first-order valence-corrected chi connectivity index (χ1v) is 13.2. The summed E-state index contributed by atoms with van der Waals surface area (Å²) >= 11 is 3.76. The first-order chi connectivity index (χ1) is 17.8. The van der Waals surface area contributed by atoms with Crippen molar-refractivity contribution in [3.63, 3.8) is 0 Å². The van der Waals surface area contributed by atoms with Crippen LogP contribution in [0.1, 0.15) is 22.3 Å². The van der Waals surface area contributed by atoms with Crippen LogP contribution in [-0.4, -0.2) is 0 Å². The number of hydrogen-bond donors (Lipinski definition) is 0. The molecule has 0 amide bonds. The molecular formula is C35H21Br. The van der Waals surface area contributed by atoms with E-state index in [4.69, 9.17) is 0 Å². The van der Waals surface area contributed by atoms with Crippen LogP contribution in [0.5, 0.6) is 0 Å². The van der Waals surface area contributed by atoms with E-state index >= 15 is 0 Å². The molecule has 1 heteroatoms. The maximum absolute atomic E-state index is 3.76. The molecule has 2 aliphatic carbocycles. The van der Waals surface area contributed by atoms with Gasteiger partial charge in [0.1, 0.15) is 0 Å². The fraction of sp³-hybridized carbons (Fsp3) is 0.0286. The molecule has 36 heavy (non-hydrogen) atoms. The van der Waals surface area contributed by atoms with Gasteiger partial charge in [-0.1, -0.05) is 131 Å². The van der Waals surface area contributed by atoms with E-state index in [-0.39, 0.29) is 5.41 Å². The maximum atomic E-state index is 3.76. The van der Waals surface area contributed by atoms with Gasteiger partial charge in [0, 0.05) is 4.47 Å². The number of fused-ring (bicyclic) bond motifs is 11. The first kappa shape index (κ1) is 20.3. The van der Waals surface area contributed by atoms with Gasteiger partial charge >= 0.3 is 0 Å². The Morgan fingerprint density at radius 2 is 0.889 bits per heavy atom. The molecule has 0 aromatic heterocycles. The number of benzene rings is 6. The molecule has 0 atom stereocenters. The van der Waals surface area contributed by atoms with E-state index in [2.05, 4.69) is 143 Å². The number of hydrogen-bond acceptors (Lipinski definition) is 0. The molecule has 0 radical (unpaired) electrons. The van der Waals surface area contributed by atoms with Crippen LogP contribution in [0.25, 0.3) is 44.2 Å². The van der Waals surface area contributed by atoms with Crippen LogP contribution in [-0.2, 0) is 5.41 Å². The second-order valence-corrected chi connectivity index (χ2v) is 10.6. The third-order valence-electron chi connectivity index (χ3n) is 8.18. The minimum Gasteiger partial charge on any atom is -0.0619 e. The SMILES string of the molecule is Brc1cccc2c(-c3ccc4c(c3)C3(c5ccccc5-c5ccccc53)c3ccccc3-4)cccc12. The molecule has 0 saturated heterocycles. The van der Waals surface area contributed by atoms with Crippen LogP contribution < -0.4 is 0 Å². The summed E-state index contributed by atoms with van der Waals surface area (Å²) in [5.74, 6) is 0. The summed E-state index contributed by atoms with van der Waals surface area (Å²) in [5, 5.41) is 2.51. The minimum atomic E-state index is -0.305. The molecule has 0 saturated carbocycles. The first-order valence-electron chi connectivity index (χ1n) is 12.4. The zero-order valence-corrected chi connectivity index (χ0v) is 21.1. The molecular weight excluding hydrogens is 500 g/mol. The summed E-state index contributed by atoms with van der Waals surface area (Å²) in [6.07, 6.45) is 0. The highest BCUT2D eigenvalue weighted by atomic mass is 79.9. The van der Waals surface area contributed by atoms with Crippen molar-refractivity contribution in [1.82, 2.24) is 0 Å². The summed E-state index contributed by atoms with van der Waals surface area (Å²) in [7, 11) is 0. The Hall–Kier alpha value is -3.94. The maximum Gasteiger partial charge on any atom is 0.0725 e. The number of halogens is 1. The lowest BCUT2D eigenvalue weighted by Gasteiger charge is -2.30. The second kappa shape index (κ2) is 7.29. The Bertz CT molecular complexity index is 1800. The van der Waals surface area contributed by atoms with E-state index in [0.29, 0.717) is 0 Å². The van der Waals surface area contributed by atoms with Gasteiger partial charge in [-0.3, -0.25) is 0 Å². The molecule has 8 rings (SSSR count). The van der Waals surface area contributed by atoms with Crippen molar-refractivity contribution >= 4 is 26.7 Å². The molecule has 0 nitrogen and oxygen atoms in total. The van der Waals surface area contributed by atoms with Gasteiger partial charge in [-0.15, -0.1) is 0 Å². The van der Waals surface area contributed by atoms with Gasteiger partial charge in [0.05, 0.1) is 5.41 Å². The molecule has 6 aromatic rings. The zero-order valence-electron chi connectivity index (χ0n) is 19.5. The smallest absolute Gasteiger partial charge is 0.0619 e. The summed E-state index contributed by atoms with van der Waals surface area (Å²) in [6, 6.07) is 47.2. The Morgan fingerprint density at radius 3 is 1.53 bits per heavy atom. The van der Waals surface area contributed by atoms with Crippen molar-refractivity contribution in [2.45, 2.75) is 5.41 Å². The van der Waals surface area contributed by atoms with Gasteiger partial charge in [0.2, 0.25) is 0 Å². The summed E-state index contributed by atoms with van der Waals surface area (Å²) in [4.78, 5) is 0. The van der Waals surface area contributed by atoms with Gasteiger partial charge in [-0.05, 0) is 78.5 Å². The lowest BCUT2D eigenvalue weighted by Crippen LogP contribution is -2.25. The molecule has 0 aliphatic heterocycles. The van der Waals surface area contributed by atoms with Crippen molar-refractivity contribution in [2.75, 3.05) is 0 Å². The Morgan fingerprint density at radius 1 is 0.389 bits per heavy atom. The topological polar surface area (TPSA) is 0 Å². The molecule has 0 N–H and O–H groups in total. The number of rotatable bonds is 1. The van der Waals surface area contributed by atoms with Crippen molar-refractivity contribution in [1.29, 1.82) is 0 Å². The highest BCUT2D eigenvalue weighted by Gasteiger charge is 2.51. The Kier molecular flexibility index (Phi) is 4.10. The van der Waals surface area contributed by atoms with E-state index < -0.39 is 0 Å². The predicted octanol–water partition coefficient (Wildman–Crippen LogP) is 9.61. The van der Waals surface area contributed by atoms with E-state index in [1.807, 2.05) is 0 Å². The van der Waals surface area contributed by atoms with Crippen molar-refractivity contribution in [2.24, 2.45) is 0 Å². The van der Waals surface area contributed by atoms with E-state index in [9.17, 15) is 0 Å². The third kappa shape index (κ3) is 2.44. The highest BCUT2D eigenvalue weighted by molar-refractivity contribution is 9.10. The van der Waals surface area contributed by atoms with Crippen LogP contribution in [0, 0.1) is 0 Å². The van der Waals surface area contributed by atoms with Crippen LogP contribution in [0.3, 0.4) is 0 Å². The molecule has 0 bridgehead atoms. The average Bonchev–Trinajstić information content (AvgIpc) is 3.40. The van der Waals surface area contributed by atoms with Crippen LogP contribution in [0.15, 0.2) is 132 Å². The van der Waals surface area contributed by atoms with Crippen LogP contribution in [0.4, 0.5) is 0 Å². The molecule has 1 spiro atoms. The normalized spacial score (nSPS) is 13.9. The van der Waals surface area contributed by atoms with Crippen LogP contribution >= 0.6 is 15.9 Å². The molecule has 0 heterocycles. The summed E-state index contributed by atoms with van der Waals surface area (Å²) < 4.78 is 1.13. The fourth-order valence-corrected chi connectivity index (χ4v) is 7.28. The van der Waals surface area contributed by atoms with Gasteiger partial charge in [0.25, 0.3) is 0 Å². The minimum absolute atomic E-state index is 0.305. The van der Waals surface area contributed by atoms with Crippen molar-refractivity contribution < 1.29 is 0 Å².